The van der Waals surface area contributed by atoms with Gasteiger partial charge in [-0.25, -0.2) is 23.7 Å². The van der Waals surface area contributed by atoms with E-state index in [0.29, 0.717) is 23.8 Å². The molecule has 1 saturated heterocycles. The van der Waals surface area contributed by atoms with Crippen molar-refractivity contribution in [3.05, 3.63) is 60.2 Å². The molecule has 0 bridgehead atoms. The fourth-order valence-electron chi connectivity index (χ4n) is 4.59. The number of carbonyl (C=O) groups excluding carboxylic acids is 1. The van der Waals surface area contributed by atoms with Gasteiger partial charge in [-0.05, 0) is 49.4 Å². The van der Waals surface area contributed by atoms with Crippen LogP contribution < -0.4 is 4.90 Å². The minimum absolute atomic E-state index is 0.0203. The fourth-order valence-corrected chi connectivity index (χ4v) is 5.12. The standard InChI is InChI=1S/C25H28F2N6O2S/c1-3-16-11-28-25(29-12-16)31-9-8-23(20(27)13-31)33(17-4-5-17)24(34)21-14-32(15-30-21)22-7-6-18(36(2)35)10-19(22)26/h6-7,10-12,14-15,17,20,23H,3-5,8-9,13H2,1-2H3/t20?,23-,36?/m1/s1. The maximum Gasteiger partial charge on any atom is 0.274 e. The zero-order valence-corrected chi connectivity index (χ0v) is 21.0. The van der Waals surface area contributed by atoms with Crippen LogP contribution in [0.2, 0.25) is 0 Å². The van der Waals surface area contributed by atoms with E-state index in [0.717, 1.165) is 24.8 Å². The van der Waals surface area contributed by atoms with Crippen LogP contribution >= 0.6 is 0 Å². The Hall–Kier alpha value is -3.21. The molecule has 3 atom stereocenters. The number of carbonyl (C=O) groups is 1. The monoisotopic (exact) mass is 514 g/mol. The van der Waals surface area contributed by atoms with Gasteiger partial charge in [-0.1, -0.05) is 6.92 Å². The predicted octanol–water partition coefficient (Wildman–Crippen LogP) is 3.32. The second-order valence-electron chi connectivity index (χ2n) is 9.24. The maximum absolute atomic E-state index is 15.5. The van der Waals surface area contributed by atoms with Crippen molar-refractivity contribution in [3.63, 3.8) is 0 Å². The molecule has 0 N–H and O–H groups in total. The molecule has 2 aliphatic rings. The molecule has 3 aromatic rings. The quantitative estimate of drug-likeness (QED) is 0.481. The Bertz CT molecular complexity index is 1280. The molecule has 2 fully saturated rings. The maximum atomic E-state index is 15.5. The number of anilines is 1. The third-order valence-corrected chi connectivity index (χ3v) is 7.67. The number of imidazole rings is 1. The highest BCUT2D eigenvalue weighted by atomic mass is 32.2. The highest BCUT2D eigenvalue weighted by Gasteiger charge is 2.44. The molecule has 36 heavy (non-hydrogen) atoms. The second-order valence-corrected chi connectivity index (χ2v) is 10.6. The lowest BCUT2D eigenvalue weighted by atomic mass is 10.0. The van der Waals surface area contributed by atoms with E-state index in [4.69, 9.17) is 0 Å². The molecule has 1 aromatic carbocycles. The number of halogens is 2. The SMILES string of the molecule is CCc1cnc(N2CC[C@@H](N(C(=O)c3cn(-c4ccc(S(C)=O)cc4F)cn3)C3CC3)C(F)C2)nc1. The predicted molar refractivity (Wildman–Crippen MR) is 132 cm³/mol. The van der Waals surface area contributed by atoms with Crippen molar-refractivity contribution in [2.45, 2.75) is 55.8 Å². The van der Waals surface area contributed by atoms with E-state index in [2.05, 4.69) is 15.0 Å². The molecule has 1 saturated carbocycles. The van der Waals surface area contributed by atoms with E-state index in [9.17, 15) is 13.4 Å². The van der Waals surface area contributed by atoms with Gasteiger partial charge in [-0.15, -0.1) is 0 Å². The molecular weight excluding hydrogens is 486 g/mol. The van der Waals surface area contributed by atoms with E-state index in [1.54, 1.807) is 23.4 Å². The molecule has 11 heteroatoms. The summed E-state index contributed by atoms with van der Waals surface area (Å²) in [6.45, 7) is 2.67. The van der Waals surface area contributed by atoms with E-state index in [1.807, 2.05) is 11.8 Å². The van der Waals surface area contributed by atoms with Crippen LogP contribution in [0.15, 0.2) is 48.0 Å². The van der Waals surface area contributed by atoms with Crippen molar-refractivity contribution in [3.8, 4) is 5.69 Å². The summed E-state index contributed by atoms with van der Waals surface area (Å²) < 4.78 is 43.1. The number of alkyl halides is 1. The summed E-state index contributed by atoms with van der Waals surface area (Å²) >= 11 is 0. The Balaban J connectivity index is 1.32. The number of piperidine rings is 1. The normalized spacial score (nSPS) is 20.8. The van der Waals surface area contributed by atoms with Crippen LogP contribution in [0.1, 0.15) is 42.2 Å². The van der Waals surface area contributed by atoms with Crippen LogP contribution in [0, 0.1) is 5.82 Å². The van der Waals surface area contributed by atoms with Crippen molar-refractivity contribution in [1.29, 1.82) is 0 Å². The van der Waals surface area contributed by atoms with Gasteiger partial charge in [0.05, 0.1) is 18.3 Å². The van der Waals surface area contributed by atoms with Gasteiger partial charge < -0.3 is 14.4 Å². The molecule has 3 heterocycles. The van der Waals surface area contributed by atoms with Crippen LogP contribution in [0.4, 0.5) is 14.7 Å². The highest BCUT2D eigenvalue weighted by Crippen LogP contribution is 2.34. The third-order valence-electron chi connectivity index (χ3n) is 6.75. The largest absolute Gasteiger partial charge is 0.338 e. The first-order chi connectivity index (χ1) is 17.4. The molecule has 2 aromatic heterocycles. The van der Waals surface area contributed by atoms with Crippen molar-refractivity contribution in [2.75, 3.05) is 24.2 Å². The lowest BCUT2D eigenvalue weighted by Crippen LogP contribution is -2.55. The number of aromatic nitrogens is 4. The van der Waals surface area contributed by atoms with Gasteiger partial charge in [0.1, 0.15) is 24.0 Å². The Morgan fingerprint density at radius 1 is 1.19 bits per heavy atom. The van der Waals surface area contributed by atoms with Gasteiger partial charge in [0.25, 0.3) is 5.91 Å². The van der Waals surface area contributed by atoms with Gasteiger partial charge in [-0.2, -0.15) is 0 Å². The lowest BCUT2D eigenvalue weighted by Gasteiger charge is -2.40. The molecule has 0 radical (unpaired) electrons. The average molecular weight is 515 g/mol. The molecule has 190 valence electrons. The third kappa shape index (κ3) is 4.88. The number of rotatable bonds is 7. The van der Waals surface area contributed by atoms with Crippen molar-refractivity contribution in [1.82, 2.24) is 24.4 Å². The molecule has 1 aliphatic heterocycles. The first kappa shape index (κ1) is 24.5. The van der Waals surface area contributed by atoms with E-state index >= 15 is 4.39 Å². The van der Waals surface area contributed by atoms with Gasteiger partial charge in [-0.3, -0.25) is 9.00 Å². The summed E-state index contributed by atoms with van der Waals surface area (Å²) in [6.07, 6.45) is 9.50. The molecule has 1 amide bonds. The van der Waals surface area contributed by atoms with Crippen LogP contribution in [-0.4, -0.2) is 72.1 Å². The fraction of sp³-hybridized carbons (Fsp3) is 0.440. The highest BCUT2D eigenvalue weighted by molar-refractivity contribution is 7.84. The number of benzene rings is 1. The molecule has 1 aliphatic carbocycles. The van der Waals surface area contributed by atoms with E-state index in [-0.39, 0.29) is 29.9 Å². The van der Waals surface area contributed by atoms with Crippen LogP contribution in [0.5, 0.6) is 0 Å². The zero-order valence-electron chi connectivity index (χ0n) is 20.2. The summed E-state index contributed by atoms with van der Waals surface area (Å²) in [5, 5.41) is 0. The Morgan fingerprint density at radius 3 is 2.56 bits per heavy atom. The van der Waals surface area contributed by atoms with Crippen molar-refractivity contribution < 1.29 is 17.8 Å². The van der Waals surface area contributed by atoms with E-state index < -0.39 is 28.8 Å². The van der Waals surface area contributed by atoms with Gasteiger partial charge in [0.2, 0.25) is 5.95 Å². The van der Waals surface area contributed by atoms with Crippen molar-refractivity contribution in [2.24, 2.45) is 0 Å². The van der Waals surface area contributed by atoms with Gasteiger partial charge >= 0.3 is 0 Å². The number of aryl methyl sites for hydroxylation is 1. The second kappa shape index (κ2) is 10.0. The van der Waals surface area contributed by atoms with Gasteiger partial charge in [0.15, 0.2) is 0 Å². The average Bonchev–Trinajstić information content (AvgIpc) is 3.59. The number of amides is 1. The summed E-state index contributed by atoms with van der Waals surface area (Å²) in [5.41, 5.74) is 1.35. The van der Waals surface area contributed by atoms with Crippen LogP contribution in [0.3, 0.4) is 0 Å². The number of hydrogen-bond acceptors (Lipinski definition) is 6. The summed E-state index contributed by atoms with van der Waals surface area (Å²) in [5.74, 6) is -0.424. The Labute approximate surface area is 210 Å². The summed E-state index contributed by atoms with van der Waals surface area (Å²) in [4.78, 5) is 30.3. The smallest absolute Gasteiger partial charge is 0.274 e. The summed E-state index contributed by atoms with van der Waals surface area (Å²) in [6, 6.07) is 3.70. The minimum Gasteiger partial charge on any atom is -0.338 e. The summed E-state index contributed by atoms with van der Waals surface area (Å²) in [7, 11) is -1.31. The molecule has 2 unspecified atom stereocenters. The Morgan fingerprint density at radius 2 is 1.94 bits per heavy atom. The van der Waals surface area contributed by atoms with Crippen LogP contribution in [0.25, 0.3) is 5.69 Å². The topological polar surface area (TPSA) is 84.2 Å². The molecule has 5 rings (SSSR count). The molecular formula is C25H28F2N6O2S. The van der Waals surface area contributed by atoms with E-state index in [1.165, 1.54) is 35.5 Å². The van der Waals surface area contributed by atoms with Gasteiger partial charge in [0, 0.05) is 53.1 Å². The van der Waals surface area contributed by atoms with Crippen molar-refractivity contribution >= 4 is 22.7 Å². The Kier molecular flexibility index (Phi) is 6.83. The lowest BCUT2D eigenvalue weighted by molar-refractivity contribution is 0.0481. The minimum atomic E-state index is -1.31. The number of nitrogens with zero attached hydrogens (tertiary/aromatic N) is 6. The van der Waals surface area contributed by atoms with Crippen LogP contribution in [-0.2, 0) is 17.2 Å². The first-order valence-corrected chi connectivity index (χ1v) is 13.6. The number of hydrogen-bond donors (Lipinski definition) is 0. The molecule has 8 nitrogen and oxygen atoms in total. The molecule has 0 spiro atoms. The zero-order chi connectivity index (χ0) is 25.4. The first-order valence-electron chi connectivity index (χ1n) is 12.1.